The van der Waals surface area contributed by atoms with Gasteiger partial charge in [-0.1, -0.05) is 23.5 Å². The standard InChI is InChI=1S/C23H24N2O4S/c1-14-8-15(2)22-18(9-14)24-23(30-22)25(12-17-4-3-7-27-17)21(26)11-16-5-6-19-20(10-16)29-13-28-19/h5-6,8-10,17H,3-4,7,11-13H2,1-2H3. The molecule has 0 aliphatic carbocycles. The van der Waals surface area contributed by atoms with E-state index in [4.69, 9.17) is 19.2 Å². The molecule has 0 spiro atoms. The topological polar surface area (TPSA) is 60.9 Å². The number of carbonyl (C=O) groups excluding carboxylic acids is 1. The summed E-state index contributed by atoms with van der Waals surface area (Å²) in [6.07, 6.45) is 2.33. The lowest BCUT2D eigenvalue weighted by Crippen LogP contribution is -2.38. The number of aromatic nitrogens is 1. The average Bonchev–Trinajstić information content (AvgIpc) is 3.46. The predicted molar refractivity (Wildman–Crippen MR) is 117 cm³/mol. The first-order valence-electron chi connectivity index (χ1n) is 10.2. The van der Waals surface area contributed by atoms with Crippen molar-refractivity contribution in [3.05, 3.63) is 47.0 Å². The molecule has 1 unspecified atom stereocenters. The molecule has 1 atom stereocenters. The van der Waals surface area contributed by atoms with Crippen LogP contribution in [0.1, 0.15) is 29.5 Å². The Morgan fingerprint density at radius 2 is 2.07 bits per heavy atom. The second-order valence-electron chi connectivity index (χ2n) is 7.93. The normalized spacial score (nSPS) is 17.6. The van der Waals surface area contributed by atoms with Crippen LogP contribution in [0.15, 0.2) is 30.3 Å². The van der Waals surface area contributed by atoms with Gasteiger partial charge in [0.1, 0.15) is 0 Å². The Morgan fingerprint density at radius 3 is 2.90 bits per heavy atom. The highest BCUT2D eigenvalue weighted by Gasteiger charge is 2.27. The number of thiazole rings is 1. The molecule has 2 aliphatic rings. The number of hydrogen-bond acceptors (Lipinski definition) is 6. The van der Waals surface area contributed by atoms with Crippen molar-refractivity contribution in [1.29, 1.82) is 0 Å². The minimum absolute atomic E-state index is 0.0118. The van der Waals surface area contributed by atoms with E-state index >= 15 is 0 Å². The predicted octanol–water partition coefficient (Wildman–Crippen LogP) is 4.40. The first kappa shape index (κ1) is 19.3. The Balaban J connectivity index is 1.45. The van der Waals surface area contributed by atoms with E-state index in [2.05, 4.69) is 26.0 Å². The summed E-state index contributed by atoms with van der Waals surface area (Å²) in [6, 6.07) is 9.90. The van der Waals surface area contributed by atoms with Gasteiger partial charge in [-0.2, -0.15) is 0 Å². The fourth-order valence-electron chi connectivity index (χ4n) is 4.08. The zero-order valence-corrected chi connectivity index (χ0v) is 18.0. The number of anilines is 1. The second kappa shape index (κ2) is 7.89. The van der Waals surface area contributed by atoms with Crippen molar-refractivity contribution in [2.24, 2.45) is 0 Å². The van der Waals surface area contributed by atoms with Crippen molar-refractivity contribution < 1.29 is 19.0 Å². The van der Waals surface area contributed by atoms with Crippen LogP contribution in [0.25, 0.3) is 10.2 Å². The molecule has 3 heterocycles. The molecule has 6 nitrogen and oxygen atoms in total. The summed E-state index contributed by atoms with van der Waals surface area (Å²) in [6.45, 7) is 5.67. The van der Waals surface area contributed by atoms with Gasteiger partial charge in [-0.25, -0.2) is 4.98 Å². The zero-order chi connectivity index (χ0) is 20.7. The Kier molecular flexibility index (Phi) is 5.08. The Hall–Kier alpha value is -2.64. The molecule has 156 valence electrons. The molecule has 2 aromatic carbocycles. The summed E-state index contributed by atoms with van der Waals surface area (Å²) < 4.78 is 17.8. The van der Waals surface area contributed by atoms with Crippen LogP contribution < -0.4 is 14.4 Å². The number of rotatable bonds is 5. The highest BCUT2D eigenvalue weighted by Crippen LogP contribution is 2.35. The molecule has 0 bridgehead atoms. The van der Waals surface area contributed by atoms with Gasteiger partial charge in [0.05, 0.1) is 29.3 Å². The molecule has 7 heteroatoms. The molecule has 1 amide bonds. The summed E-state index contributed by atoms with van der Waals surface area (Å²) in [7, 11) is 0. The first-order valence-corrected chi connectivity index (χ1v) is 11.1. The van der Waals surface area contributed by atoms with Crippen molar-refractivity contribution in [2.75, 3.05) is 24.8 Å². The SMILES string of the molecule is Cc1cc(C)c2sc(N(CC3CCCO3)C(=O)Cc3ccc4c(c3)OCO4)nc2c1. The molecular weight excluding hydrogens is 400 g/mol. The Bertz CT molecular complexity index is 1100. The molecule has 3 aromatic rings. The maximum Gasteiger partial charge on any atom is 0.233 e. The third-order valence-electron chi connectivity index (χ3n) is 5.54. The van der Waals surface area contributed by atoms with Crippen LogP contribution in [0.2, 0.25) is 0 Å². The average molecular weight is 425 g/mol. The molecule has 1 aromatic heterocycles. The largest absolute Gasteiger partial charge is 0.454 e. The summed E-state index contributed by atoms with van der Waals surface area (Å²) in [5.74, 6) is 1.43. The van der Waals surface area contributed by atoms with E-state index in [0.29, 0.717) is 12.3 Å². The fourth-order valence-corrected chi connectivity index (χ4v) is 5.12. The van der Waals surface area contributed by atoms with Crippen LogP contribution in [0.3, 0.4) is 0 Å². The van der Waals surface area contributed by atoms with Crippen LogP contribution in [0.5, 0.6) is 11.5 Å². The third-order valence-corrected chi connectivity index (χ3v) is 6.77. The van der Waals surface area contributed by atoms with Gasteiger partial charge < -0.3 is 14.2 Å². The molecule has 0 radical (unpaired) electrons. The van der Waals surface area contributed by atoms with Crippen molar-refractivity contribution in [2.45, 2.75) is 39.2 Å². The molecule has 0 N–H and O–H groups in total. The van der Waals surface area contributed by atoms with Gasteiger partial charge in [0.25, 0.3) is 0 Å². The van der Waals surface area contributed by atoms with Gasteiger partial charge >= 0.3 is 0 Å². The van der Waals surface area contributed by atoms with Gasteiger partial charge in [-0.15, -0.1) is 0 Å². The molecule has 0 saturated carbocycles. The Labute approximate surface area is 179 Å². The Morgan fingerprint density at radius 1 is 1.20 bits per heavy atom. The highest BCUT2D eigenvalue weighted by molar-refractivity contribution is 7.22. The molecule has 30 heavy (non-hydrogen) atoms. The fraction of sp³-hybridized carbons (Fsp3) is 0.391. The smallest absolute Gasteiger partial charge is 0.233 e. The number of aryl methyl sites for hydroxylation is 2. The van der Waals surface area contributed by atoms with E-state index in [-0.39, 0.29) is 25.2 Å². The van der Waals surface area contributed by atoms with Crippen molar-refractivity contribution in [3.8, 4) is 11.5 Å². The summed E-state index contributed by atoms with van der Waals surface area (Å²) in [4.78, 5) is 20.0. The molecule has 2 aliphatic heterocycles. The van der Waals surface area contributed by atoms with Crippen molar-refractivity contribution in [3.63, 3.8) is 0 Å². The van der Waals surface area contributed by atoms with E-state index in [0.717, 1.165) is 46.1 Å². The number of amides is 1. The second-order valence-corrected chi connectivity index (χ2v) is 8.91. The number of ether oxygens (including phenoxy) is 3. The first-order chi connectivity index (χ1) is 14.6. The zero-order valence-electron chi connectivity index (χ0n) is 17.1. The maximum absolute atomic E-state index is 13.4. The maximum atomic E-state index is 13.4. The number of nitrogens with zero attached hydrogens (tertiary/aromatic N) is 2. The van der Waals surface area contributed by atoms with Crippen LogP contribution >= 0.6 is 11.3 Å². The van der Waals surface area contributed by atoms with E-state index in [9.17, 15) is 4.79 Å². The van der Waals surface area contributed by atoms with Crippen molar-refractivity contribution >= 4 is 32.6 Å². The van der Waals surface area contributed by atoms with Crippen LogP contribution in [0, 0.1) is 13.8 Å². The summed E-state index contributed by atoms with van der Waals surface area (Å²) in [5, 5.41) is 0.736. The molecule has 1 fully saturated rings. The van der Waals surface area contributed by atoms with E-state index in [1.807, 2.05) is 18.2 Å². The van der Waals surface area contributed by atoms with Crippen LogP contribution in [-0.2, 0) is 16.0 Å². The molecule has 5 rings (SSSR count). The lowest BCUT2D eigenvalue weighted by atomic mass is 10.1. The number of benzene rings is 2. The van der Waals surface area contributed by atoms with E-state index in [1.54, 1.807) is 16.2 Å². The highest BCUT2D eigenvalue weighted by atomic mass is 32.1. The molecular formula is C23H24N2O4S. The van der Waals surface area contributed by atoms with Gasteiger partial charge in [0.2, 0.25) is 12.7 Å². The number of carbonyl (C=O) groups is 1. The molecule has 1 saturated heterocycles. The summed E-state index contributed by atoms with van der Waals surface area (Å²) >= 11 is 1.58. The van der Waals surface area contributed by atoms with Gasteiger partial charge in [0.15, 0.2) is 16.6 Å². The number of hydrogen-bond donors (Lipinski definition) is 0. The lowest BCUT2D eigenvalue weighted by Gasteiger charge is -2.23. The van der Waals surface area contributed by atoms with E-state index in [1.165, 1.54) is 11.1 Å². The van der Waals surface area contributed by atoms with Crippen molar-refractivity contribution in [1.82, 2.24) is 4.98 Å². The van der Waals surface area contributed by atoms with Gasteiger partial charge in [-0.3, -0.25) is 9.69 Å². The van der Waals surface area contributed by atoms with Gasteiger partial charge in [0, 0.05) is 6.61 Å². The number of fused-ring (bicyclic) bond motifs is 2. The monoisotopic (exact) mass is 424 g/mol. The quantitative estimate of drug-likeness (QED) is 0.608. The third kappa shape index (κ3) is 3.75. The minimum atomic E-state index is 0.0118. The summed E-state index contributed by atoms with van der Waals surface area (Å²) in [5.41, 5.74) is 4.21. The van der Waals surface area contributed by atoms with Gasteiger partial charge in [-0.05, 0) is 61.6 Å². The minimum Gasteiger partial charge on any atom is -0.454 e. The van der Waals surface area contributed by atoms with Crippen LogP contribution in [-0.4, -0.2) is 36.9 Å². The van der Waals surface area contributed by atoms with Crippen LogP contribution in [0.4, 0.5) is 5.13 Å². The lowest BCUT2D eigenvalue weighted by molar-refractivity contribution is -0.118. The van der Waals surface area contributed by atoms with E-state index < -0.39 is 0 Å².